The first kappa shape index (κ1) is 20.8. The molecule has 3 fully saturated rings. The number of imide groups is 1. The Morgan fingerprint density at radius 1 is 1.07 bits per heavy atom. The third-order valence-electron chi connectivity index (χ3n) is 5.84. The van der Waals surface area contributed by atoms with Gasteiger partial charge in [-0.25, -0.2) is 13.2 Å². The predicted octanol–water partition coefficient (Wildman–Crippen LogP) is -0.215. The third kappa shape index (κ3) is 4.06. The van der Waals surface area contributed by atoms with E-state index in [1.165, 1.54) is 13.8 Å². The number of hydrogen-bond donors (Lipinski definition) is 1. The second kappa shape index (κ2) is 7.81. The molecule has 3 amide bonds. The second-order valence-corrected chi connectivity index (χ2v) is 10.1. The van der Waals surface area contributed by atoms with Crippen LogP contribution in [0.2, 0.25) is 0 Å². The molecule has 0 aromatic heterocycles. The molecule has 1 saturated carbocycles. The monoisotopic (exact) mass is 414 g/mol. The summed E-state index contributed by atoms with van der Waals surface area (Å²) in [4.78, 5) is 50.7. The number of likely N-dealkylation sites (tertiary alicyclic amines) is 1. The SMILES string of the molecule is C[C@H](OC(=O)[C@H](C)N1C(=O)[C@H]2CCCC[C@H]2C1=O)C(=O)N[C@@H]1CCS(=O)(=O)C1. The number of rotatable bonds is 5. The van der Waals surface area contributed by atoms with Gasteiger partial charge < -0.3 is 10.1 Å². The largest absolute Gasteiger partial charge is 0.451 e. The first-order valence-corrected chi connectivity index (χ1v) is 11.5. The van der Waals surface area contributed by atoms with E-state index in [0.717, 1.165) is 17.7 Å². The van der Waals surface area contributed by atoms with Gasteiger partial charge in [0.15, 0.2) is 15.9 Å². The van der Waals surface area contributed by atoms with Crippen molar-refractivity contribution >= 4 is 33.5 Å². The quantitative estimate of drug-likeness (QED) is 0.487. The van der Waals surface area contributed by atoms with Gasteiger partial charge in [0.2, 0.25) is 11.8 Å². The molecule has 0 radical (unpaired) electrons. The maximum absolute atomic E-state index is 12.6. The van der Waals surface area contributed by atoms with E-state index in [9.17, 15) is 27.6 Å². The topological polar surface area (TPSA) is 127 Å². The zero-order valence-electron chi connectivity index (χ0n) is 16.0. The van der Waals surface area contributed by atoms with Crippen LogP contribution in [-0.4, -0.2) is 66.7 Å². The van der Waals surface area contributed by atoms with Crippen molar-refractivity contribution in [2.45, 2.75) is 64.1 Å². The standard InChI is InChI=1S/C18H26N2O7S/c1-10(20-16(22)13-5-3-4-6-14(13)17(20)23)18(24)27-11(2)15(21)19-12-7-8-28(25,26)9-12/h10-14H,3-9H2,1-2H3,(H,19,21)/t10-,11-,12+,13-,14+/m0/s1. The summed E-state index contributed by atoms with van der Waals surface area (Å²) < 4.78 is 28.1. The van der Waals surface area contributed by atoms with Gasteiger partial charge in [0.1, 0.15) is 6.04 Å². The first-order valence-electron chi connectivity index (χ1n) is 9.69. The Labute approximate surface area is 164 Å². The summed E-state index contributed by atoms with van der Waals surface area (Å²) in [5.74, 6) is -2.94. The number of amides is 3. The highest BCUT2D eigenvalue weighted by Crippen LogP contribution is 2.38. The van der Waals surface area contributed by atoms with Crippen molar-refractivity contribution in [2.24, 2.45) is 11.8 Å². The lowest BCUT2D eigenvalue weighted by Crippen LogP contribution is -2.47. The van der Waals surface area contributed by atoms with E-state index in [-0.39, 0.29) is 35.2 Å². The number of carbonyl (C=O) groups excluding carboxylic acids is 4. The number of hydrogen-bond acceptors (Lipinski definition) is 7. The van der Waals surface area contributed by atoms with Gasteiger partial charge >= 0.3 is 5.97 Å². The average molecular weight is 414 g/mol. The number of nitrogens with one attached hydrogen (secondary N) is 1. The predicted molar refractivity (Wildman–Crippen MR) is 97.5 cm³/mol. The minimum Gasteiger partial charge on any atom is -0.451 e. The highest BCUT2D eigenvalue weighted by Gasteiger charge is 2.51. The van der Waals surface area contributed by atoms with E-state index in [1.54, 1.807) is 0 Å². The smallest absolute Gasteiger partial charge is 0.329 e. The van der Waals surface area contributed by atoms with Crippen LogP contribution in [0.15, 0.2) is 0 Å². The Morgan fingerprint density at radius 3 is 2.14 bits per heavy atom. The Hall–Kier alpha value is -1.97. The summed E-state index contributed by atoms with van der Waals surface area (Å²) in [7, 11) is -3.14. The van der Waals surface area contributed by atoms with Crippen LogP contribution in [0.5, 0.6) is 0 Å². The zero-order valence-corrected chi connectivity index (χ0v) is 16.9. The molecule has 2 heterocycles. The van der Waals surface area contributed by atoms with Crippen molar-refractivity contribution in [2.75, 3.05) is 11.5 Å². The van der Waals surface area contributed by atoms with E-state index >= 15 is 0 Å². The lowest BCUT2D eigenvalue weighted by molar-refractivity contribution is -0.164. The summed E-state index contributed by atoms with van der Waals surface area (Å²) in [5.41, 5.74) is 0. The number of ether oxygens (including phenoxy) is 1. The van der Waals surface area contributed by atoms with Gasteiger partial charge in [0.05, 0.1) is 23.3 Å². The summed E-state index contributed by atoms with van der Waals surface area (Å²) in [6.45, 7) is 2.79. The van der Waals surface area contributed by atoms with Crippen molar-refractivity contribution in [1.82, 2.24) is 10.2 Å². The van der Waals surface area contributed by atoms with E-state index in [1.807, 2.05) is 0 Å². The van der Waals surface area contributed by atoms with E-state index in [0.29, 0.717) is 19.3 Å². The molecule has 3 aliphatic rings. The van der Waals surface area contributed by atoms with Crippen LogP contribution in [0.25, 0.3) is 0 Å². The maximum Gasteiger partial charge on any atom is 0.329 e. The molecule has 156 valence electrons. The fourth-order valence-corrected chi connectivity index (χ4v) is 5.90. The number of sulfone groups is 1. The lowest BCUT2D eigenvalue weighted by atomic mass is 9.81. The lowest BCUT2D eigenvalue weighted by Gasteiger charge is -2.23. The van der Waals surface area contributed by atoms with Crippen LogP contribution in [0.4, 0.5) is 0 Å². The summed E-state index contributed by atoms with van der Waals surface area (Å²) >= 11 is 0. The first-order chi connectivity index (χ1) is 13.1. The second-order valence-electron chi connectivity index (χ2n) is 7.91. The Balaban J connectivity index is 1.57. The molecule has 3 rings (SSSR count). The van der Waals surface area contributed by atoms with Gasteiger partial charge in [0.25, 0.3) is 5.91 Å². The molecule has 0 unspecified atom stereocenters. The Bertz CT molecular complexity index is 770. The normalized spacial score (nSPS) is 31.2. The highest BCUT2D eigenvalue weighted by molar-refractivity contribution is 7.91. The maximum atomic E-state index is 12.6. The van der Waals surface area contributed by atoms with Gasteiger partial charge in [-0.15, -0.1) is 0 Å². The van der Waals surface area contributed by atoms with Crippen molar-refractivity contribution in [3.63, 3.8) is 0 Å². The van der Waals surface area contributed by atoms with Gasteiger partial charge in [-0.05, 0) is 33.1 Å². The van der Waals surface area contributed by atoms with Crippen molar-refractivity contribution < 1.29 is 32.3 Å². The molecule has 9 nitrogen and oxygen atoms in total. The molecule has 0 aromatic rings. The number of esters is 1. The van der Waals surface area contributed by atoms with Gasteiger partial charge in [0, 0.05) is 6.04 Å². The molecule has 10 heteroatoms. The molecular weight excluding hydrogens is 388 g/mol. The van der Waals surface area contributed by atoms with Crippen LogP contribution >= 0.6 is 0 Å². The van der Waals surface area contributed by atoms with Crippen LogP contribution < -0.4 is 5.32 Å². The van der Waals surface area contributed by atoms with Crippen LogP contribution in [0, 0.1) is 11.8 Å². The molecule has 28 heavy (non-hydrogen) atoms. The Morgan fingerprint density at radius 2 is 1.64 bits per heavy atom. The molecule has 1 N–H and O–H groups in total. The number of nitrogens with zero attached hydrogens (tertiary/aromatic N) is 1. The van der Waals surface area contributed by atoms with Gasteiger partial charge in [-0.3, -0.25) is 19.3 Å². The Kier molecular flexibility index (Phi) is 5.79. The minimum absolute atomic E-state index is 0.0185. The minimum atomic E-state index is -3.14. The van der Waals surface area contributed by atoms with Crippen molar-refractivity contribution in [1.29, 1.82) is 0 Å². The molecule has 1 aliphatic carbocycles. The van der Waals surface area contributed by atoms with Crippen molar-refractivity contribution in [3.8, 4) is 0 Å². The van der Waals surface area contributed by atoms with Crippen molar-refractivity contribution in [3.05, 3.63) is 0 Å². The van der Waals surface area contributed by atoms with Crippen LogP contribution in [0.1, 0.15) is 46.0 Å². The molecular formula is C18H26N2O7S. The molecule has 0 spiro atoms. The van der Waals surface area contributed by atoms with Crippen LogP contribution in [0.3, 0.4) is 0 Å². The number of carbonyl (C=O) groups is 4. The van der Waals surface area contributed by atoms with E-state index in [2.05, 4.69) is 5.32 Å². The average Bonchev–Trinajstić information content (AvgIpc) is 3.11. The third-order valence-corrected chi connectivity index (χ3v) is 7.61. The van der Waals surface area contributed by atoms with Crippen LogP contribution in [-0.2, 0) is 33.8 Å². The van der Waals surface area contributed by atoms with Gasteiger partial charge in [-0.1, -0.05) is 12.8 Å². The highest BCUT2D eigenvalue weighted by atomic mass is 32.2. The fourth-order valence-electron chi connectivity index (χ4n) is 4.23. The summed E-state index contributed by atoms with van der Waals surface area (Å²) in [5, 5.41) is 2.56. The molecule has 0 bridgehead atoms. The summed E-state index contributed by atoms with van der Waals surface area (Å²) in [6, 6.07) is -1.60. The molecule has 2 saturated heterocycles. The van der Waals surface area contributed by atoms with E-state index in [4.69, 9.17) is 4.74 Å². The van der Waals surface area contributed by atoms with Gasteiger partial charge in [-0.2, -0.15) is 0 Å². The zero-order chi connectivity index (χ0) is 20.6. The molecule has 5 atom stereocenters. The number of fused-ring (bicyclic) bond motifs is 1. The molecule has 2 aliphatic heterocycles. The van der Waals surface area contributed by atoms with E-state index < -0.39 is 39.9 Å². The molecule has 0 aromatic carbocycles. The fraction of sp³-hybridized carbons (Fsp3) is 0.778. The summed E-state index contributed by atoms with van der Waals surface area (Å²) in [6.07, 6.45) is 2.24.